The highest BCUT2D eigenvalue weighted by molar-refractivity contribution is 6.31. The number of fused-ring (bicyclic) bond motifs is 1. The van der Waals surface area contributed by atoms with Gasteiger partial charge in [-0.25, -0.2) is 14.8 Å². The van der Waals surface area contributed by atoms with Crippen molar-refractivity contribution in [2.24, 2.45) is 0 Å². The number of anilines is 1. The van der Waals surface area contributed by atoms with Crippen molar-refractivity contribution in [1.82, 2.24) is 9.97 Å². The summed E-state index contributed by atoms with van der Waals surface area (Å²) >= 11 is 5.60. The summed E-state index contributed by atoms with van der Waals surface area (Å²) in [7, 11) is 0. The highest BCUT2D eigenvalue weighted by atomic mass is 35.5. The lowest BCUT2D eigenvalue weighted by Crippen LogP contribution is -2.50. The van der Waals surface area contributed by atoms with Crippen LogP contribution < -0.4 is 4.90 Å². The SMILES string of the molecule is O=C(O)C1C(O)c2c(Cl)ncnc2N1C(=O)C(F)(F)F. The van der Waals surface area contributed by atoms with E-state index in [0.717, 1.165) is 6.33 Å². The Morgan fingerprint density at radius 3 is 2.45 bits per heavy atom. The van der Waals surface area contributed by atoms with Crippen molar-refractivity contribution in [1.29, 1.82) is 0 Å². The van der Waals surface area contributed by atoms with Gasteiger partial charge in [0.25, 0.3) is 0 Å². The molecule has 108 valence electrons. The number of aliphatic hydroxyl groups is 1. The van der Waals surface area contributed by atoms with Gasteiger partial charge in [0.2, 0.25) is 0 Å². The van der Waals surface area contributed by atoms with Gasteiger partial charge in [0.05, 0.1) is 5.56 Å². The maximum absolute atomic E-state index is 12.5. The van der Waals surface area contributed by atoms with E-state index in [1.165, 1.54) is 0 Å². The predicted octanol–water partition coefficient (Wildman–Crippen LogP) is 0.525. The molecule has 2 N–H and O–H groups in total. The molecule has 0 saturated carbocycles. The fourth-order valence-electron chi connectivity index (χ4n) is 1.85. The fraction of sp³-hybridized carbons (Fsp3) is 0.333. The van der Waals surface area contributed by atoms with Crippen LogP contribution in [0.5, 0.6) is 0 Å². The highest BCUT2D eigenvalue weighted by Crippen LogP contribution is 2.42. The Kier molecular flexibility index (Phi) is 3.30. The van der Waals surface area contributed by atoms with E-state index in [-0.39, 0.29) is 4.90 Å². The summed E-state index contributed by atoms with van der Waals surface area (Å²) in [4.78, 5) is 29.0. The molecule has 1 aromatic rings. The lowest BCUT2D eigenvalue weighted by molar-refractivity contribution is -0.172. The first-order chi connectivity index (χ1) is 9.16. The minimum Gasteiger partial charge on any atom is -0.480 e. The number of amides is 1. The summed E-state index contributed by atoms with van der Waals surface area (Å²) in [5.41, 5.74) is -0.431. The quantitative estimate of drug-likeness (QED) is 0.733. The topological polar surface area (TPSA) is 104 Å². The van der Waals surface area contributed by atoms with Gasteiger partial charge in [-0.05, 0) is 0 Å². The van der Waals surface area contributed by atoms with Crippen LogP contribution in [0.2, 0.25) is 5.15 Å². The molecule has 1 aromatic heterocycles. The number of nitrogens with zero attached hydrogens (tertiary/aromatic N) is 3. The number of rotatable bonds is 1. The van der Waals surface area contributed by atoms with Crippen LogP contribution in [0.3, 0.4) is 0 Å². The number of aromatic nitrogens is 2. The molecule has 0 radical (unpaired) electrons. The van der Waals surface area contributed by atoms with E-state index in [2.05, 4.69) is 9.97 Å². The number of carboxylic acids is 1. The molecular formula is C9H5ClF3N3O4. The molecule has 2 unspecified atom stereocenters. The predicted molar refractivity (Wildman–Crippen MR) is 57.0 cm³/mol. The molecule has 0 spiro atoms. The molecule has 0 aliphatic carbocycles. The average molecular weight is 312 g/mol. The van der Waals surface area contributed by atoms with Crippen molar-refractivity contribution in [2.75, 3.05) is 4.90 Å². The van der Waals surface area contributed by atoms with Crippen LogP contribution in [0.25, 0.3) is 0 Å². The van der Waals surface area contributed by atoms with Gasteiger partial charge in [0, 0.05) is 0 Å². The normalized spacial score (nSPS) is 21.8. The first kappa shape index (κ1) is 14.5. The number of alkyl halides is 3. The molecular weight excluding hydrogens is 307 g/mol. The third-order valence-electron chi connectivity index (χ3n) is 2.63. The Hall–Kier alpha value is -1.94. The first-order valence-electron chi connectivity index (χ1n) is 4.98. The van der Waals surface area contributed by atoms with Gasteiger partial charge in [0.1, 0.15) is 23.4 Å². The maximum atomic E-state index is 12.5. The Labute approximate surface area is 113 Å². The average Bonchev–Trinajstić information content (AvgIpc) is 2.61. The number of aliphatic hydroxyl groups excluding tert-OH is 1. The van der Waals surface area contributed by atoms with Crippen molar-refractivity contribution in [3.05, 3.63) is 17.0 Å². The van der Waals surface area contributed by atoms with Crippen LogP contribution in [0.4, 0.5) is 19.0 Å². The molecule has 11 heteroatoms. The van der Waals surface area contributed by atoms with Crippen LogP contribution in [-0.2, 0) is 9.59 Å². The molecule has 0 aromatic carbocycles. The number of carboxylic acid groups (broad SMARTS) is 1. The first-order valence-corrected chi connectivity index (χ1v) is 5.35. The lowest BCUT2D eigenvalue weighted by atomic mass is 10.1. The van der Waals surface area contributed by atoms with Gasteiger partial charge in [-0.3, -0.25) is 9.69 Å². The second-order valence-corrected chi connectivity index (χ2v) is 4.16. The standard InChI is InChI=1S/C9H5ClF3N3O4/c10-5-2-4(17)3(7(18)19)16(6(2)15-1-14-5)8(20)9(11,12)13/h1,3-4,17H,(H,18,19). The monoisotopic (exact) mass is 311 g/mol. The van der Waals surface area contributed by atoms with Crippen LogP contribution in [0.15, 0.2) is 6.33 Å². The fourth-order valence-corrected chi connectivity index (χ4v) is 2.09. The van der Waals surface area contributed by atoms with Gasteiger partial charge in [-0.15, -0.1) is 0 Å². The number of halogens is 4. The number of hydrogen-bond acceptors (Lipinski definition) is 5. The molecule has 0 saturated heterocycles. The minimum absolute atomic E-state index is 0.143. The van der Waals surface area contributed by atoms with E-state index in [1.54, 1.807) is 0 Å². The van der Waals surface area contributed by atoms with Crippen LogP contribution >= 0.6 is 11.6 Å². The lowest BCUT2D eigenvalue weighted by Gasteiger charge is -2.23. The number of hydrogen-bond donors (Lipinski definition) is 2. The van der Waals surface area contributed by atoms with Crippen LogP contribution in [0, 0.1) is 0 Å². The van der Waals surface area contributed by atoms with E-state index in [9.17, 15) is 27.9 Å². The van der Waals surface area contributed by atoms with Crippen molar-refractivity contribution in [3.63, 3.8) is 0 Å². The zero-order valence-corrected chi connectivity index (χ0v) is 10.1. The zero-order chi connectivity index (χ0) is 15.2. The van der Waals surface area contributed by atoms with Crippen molar-refractivity contribution >= 4 is 29.3 Å². The van der Waals surface area contributed by atoms with Crippen LogP contribution in [-0.4, -0.2) is 44.3 Å². The third kappa shape index (κ3) is 2.06. The van der Waals surface area contributed by atoms with E-state index in [4.69, 9.17) is 16.7 Å². The van der Waals surface area contributed by atoms with Crippen molar-refractivity contribution < 1.29 is 33.0 Å². The van der Waals surface area contributed by atoms with Gasteiger partial charge in [-0.2, -0.15) is 13.2 Å². The second kappa shape index (κ2) is 4.56. The summed E-state index contributed by atoms with van der Waals surface area (Å²) in [5.74, 6) is -4.96. The smallest absolute Gasteiger partial charge is 0.471 e. The molecule has 7 nitrogen and oxygen atoms in total. The Morgan fingerprint density at radius 1 is 1.35 bits per heavy atom. The summed E-state index contributed by atoms with van der Waals surface area (Å²) in [6.07, 6.45) is -6.52. The maximum Gasteiger partial charge on any atom is 0.471 e. The van der Waals surface area contributed by atoms with Gasteiger partial charge < -0.3 is 10.2 Å². The summed E-state index contributed by atoms with van der Waals surface area (Å²) < 4.78 is 37.6. The van der Waals surface area contributed by atoms with E-state index in [0.29, 0.717) is 0 Å². The molecule has 2 rings (SSSR count). The summed E-state index contributed by atoms with van der Waals surface area (Å²) in [6, 6.07) is -2.17. The Morgan fingerprint density at radius 2 is 1.95 bits per heavy atom. The van der Waals surface area contributed by atoms with Gasteiger partial charge in [-0.1, -0.05) is 11.6 Å². The van der Waals surface area contributed by atoms with Crippen LogP contribution in [0.1, 0.15) is 11.7 Å². The molecule has 1 aliphatic heterocycles. The summed E-state index contributed by atoms with van der Waals surface area (Å²) in [5, 5.41) is 18.3. The molecule has 2 atom stereocenters. The summed E-state index contributed by atoms with van der Waals surface area (Å²) in [6.45, 7) is 0. The third-order valence-corrected chi connectivity index (χ3v) is 2.93. The Balaban J connectivity index is 2.62. The number of carbonyl (C=O) groups excluding carboxylic acids is 1. The molecule has 2 heterocycles. The minimum atomic E-state index is -5.33. The Bertz CT molecular complexity index is 594. The number of carbonyl (C=O) groups is 2. The van der Waals surface area contributed by atoms with Crippen molar-refractivity contribution in [2.45, 2.75) is 18.3 Å². The number of aliphatic carboxylic acids is 1. The highest BCUT2D eigenvalue weighted by Gasteiger charge is 2.55. The molecule has 1 aliphatic rings. The molecule has 1 amide bonds. The van der Waals surface area contributed by atoms with Gasteiger partial charge in [0.15, 0.2) is 6.04 Å². The van der Waals surface area contributed by atoms with E-state index < -0.39 is 46.7 Å². The molecule has 0 bridgehead atoms. The molecule has 0 fully saturated rings. The van der Waals surface area contributed by atoms with Crippen molar-refractivity contribution in [3.8, 4) is 0 Å². The van der Waals surface area contributed by atoms with E-state index >= 15 is 0 Å². The zero-order valence-electron chi connectivity index (χ0n) is 9.30. The van der Waals surface area contributed by atoms with Gasteiger partial charge >= 0.3 is 18.1 Å². The van der Waals surface area contributed by atoms with E-state index in [1.807, 2.05) is 0 Å². The largest absolute Gasteiger partial charge is 0.480 e. The molecule has 20 heavy (non-hydrogen) atoms. The second-order valence-electron chi connectivity index (χ2n) is 3.80.